The number of pyridine rings is 2. The molecule has 0 aromatic carbocycles. The first-order valence-corrected chi connectivity index (χ1v) is 10.6. The van der Waals surface area contributed by atoms with Crippen LogP contribution in [0.1, 0.15) is 36.2 Å². The molecule has 0 radical (unpaired) electrons. The van der Waals surface area contributed by atoms with Crippen LogP contribution in [0, 0.1) is 11.8 Å². The van der Waals surface area contributed by atoms with Gasteiger partial charge in [-0.3, -0.25) is 15.0 Å². The van der Waals surface area contributed by atoms with Crippen LogP contribution in [0.4, 0.5) is 22.1 Å². The number of Topliss-reactive ketones (excluding diaryl/α,β-unsaturated/α-hetero) is 1. The first-order chi connectivity index (χ1) is 14.6. The molecule has 8 heteroatoms. The van der Waals surface area contributed by atoms with Gasteiger partial charge in [0.15, 0.2) is 11.6 Å². The SMILES string of the molecule is O=C(CC(CO)C1CC1)c1ccc2c(n1)N(C(=O)Nc1ccccn1)[C@H]1CCN2C1. The second kappa shape index (κ2) is 7.68. The van der Waals surface area contributed by atoms with Crippen LogP contribution >= 0.6 is 0 Å². The molecule has 2 aromatic rings. The normalized spacial score (nSPS) is 20.6. The van der Waals surface area contributed by atoms with Crippen molar-refractivity contribution in [2.24, 2.45) is 11.8 Å². The Morgan fingerprint density at radius 3 is 2.80 bits per heavy atom. The Balaban J connectivity index is 1.42. The van der Waals surface area contributed by atoms with E-state index < -0.39 is 0 Å². The summed E-state index contributed by atoms with van der Waals surface area (Å²) in [7, 11) is 0. The van der Waals surface area contributed by atoms with Crippen molar-refractivity contribution >= 4 is 29.1 Å². The number of aliphatic hydroxyl groups excluding tert-OH is 1. The molecule has 2 amide bonds. The van der Waals surface area contributed by atoms with Gasteiger partial charge in [-0.1, -0.05) is 6.07 Å². The van der Waals surface area contributed by atoms with Crippen molar-refractivity contribution in [2.75, 3.05) is 34.8 Å². The molecule has 1 unspecified atom stereocenters. The van der Waals surface area contributed by atoms with Gasteiger partial charge in [0.1, 0.15) is 11.5 Å². The number of rotatable bonds is 6. The molecular formula is C22H25N5O3. The molecule has 1 saturated heterocycles. The van der Waals surface area contributed by atoms with Crippen LogP contribution in [0.5, 0.6) is 0 Å². The topological polar surface area (TPSA) is 98.7 Å². The summed E-state index contributed by atoms with van der Waals surface area (Å²) < 4.78 is 0. The molecule has 156 valence electrons. The number of hydrogen-bond acceptors (Lipinski definition) is 6. The largest absolute Gasteiger partial charge is 0.396 e. The van der Waals surface area contributed by atoms with Crippen molar-refractivity contribution in [2.45, 2.75) is 31.7 Å². The molecule has 0 spiro atoms. The number of nitrogens with one attached hydrogen (secondary N) is 1. The van der Waals surface area contributed by atoms with Crippen molar-refractivity contribution in [1.82, 2.24) is 9.97 Å². The summed E-state index contributed by atoms with van der Waals surface area (Å²) in [5.41, 5.74) is 1.23. The van der Waals surface area contributed by atoms with Gasteiger partial charge in [0.2, 0.25) is 0 Å². The first-order valence-electron chi connectivity index (χ1n) is 10.6. The minimum atomic E-state index is -0.287. The maximum Gasteiger partial charge on any atom is 0.329 e. The van der Waals surface area contributed by atoms with Gasteiger partial charge in [0.25, 0.3) is 0 Å². The Morgan fingerprint density at radius 1 is 1.20 bits per heavy atom. The lowest BCUT2D eigenvalue weighted by atomic mass is 9.96. The fourth-order valence-electron chi connectivity index (χ4n) is 4.52. The Labute approximate surface area is 174 Å². The fraction of sp³-hybridized carbons (Fsp3) is 0.455. The lowest BCUT2D eigenvalue weighted by molar-refractivity contribution is 0.0919. The van der Waals surface area contributed by atoms with E-state index in [0.29, 0.717) is 29.7 Å². The number of amides is 2. The molecule has 5 rings (SSSR count). The van der Waals surface area contributed by atoms with E-state index in [0.717, 1.165) is 38.0 Å². The summed E-state index contributed by atoms with van der Waals surface area (Å²) >= 11 is 0. The summed E-state index contributed by atoms with van der Waals surface area (Å²) in [5.74, 6) is 1.36. The third-order valence-electron chi connectivity index (χ3n) is 6.33. The van der Waals surface area contributed by atoms with Crippen molar-refractivity contribution in [3.63, 3.8) is 0 Å². The lowest BCUT2D eigenvalue weighted by Gasteiger charge is -2.35. The molecule has 2 fully saturated rings. The smallest absolute Gasteiger partial charge is 0.329 e. The van der Waals surface area contributed by atoms with E-state index in [1.54, 1.807) is 29.3 Å². The number of aromatic nitrogens is 2. The third kappa shape index (κ3) is 3.52. The molecule has 2 atom stereocenters. The van der Waals surface area contributed by atoms with E-state index in [4.69, 9.17) is 0 Å². The van der Waals surface area contributed by atoms with E-state index >= 15 is 0 Å². The van der Waals surface area contributed by atoms with Crippen molar-refractivity contribution in [3.8, 4) is 0 Å². The first kappa shape index (κ1) is 19.0. The van der Waals surface area contributed by atoms with Crippen molar-refractivity contribution in [1.29, 1.82) is 0 Å². The molecule has 2 aliphatic heterocycles. The van der Waals surface area contributed by atoms with Gasteiger partial charge in [0, 0.05) is 32.3 Å². The molecular weight excluding hydrogens is 382 g/mol. The fourth-order valence-corrected chi connectivity index (χ4v) is 4.52. The van der Waals surface area contributed by atoms with Crippen LogP contribution in [-0.2, 0) is 0 Å². The lowest BCUT2D eigenvalue weighted by Crippen LogP contribution is -2.48. The molecule has 2 N–H and O–H groups in total. The Hall–Kier alpha value is -3.00. The monoisotopic (exact) mass is 407 g/mol. The average Bonchev–Trinajstić information content (AvgIpc) is 3.53. The maximum absolute atomic E-state index is 13.1. The van der Waals surface area contributed by atoms with Crippen molar-refractivity contribution < 1.29 is 14.7 Å². The number of aliphatic hydroxyl groups is 1. The number of nitrogens with zero attached hydrogens (tertiary/aromatic N) is 4. The summed E-state index contributed by atoms with van der Waals surface area (Å²) in [6.07, 6.45) is 4.93. The van der Waals surface area contributed by atoms with E-state index in [1.165, 1.54) is 0 Å². The predicted molar refractivity (Wildman–Crippen MR) is 113 cm³/mol. The molecule has 2 bridgehead atoms. The van der Waals surface area contributed by atoms with Gasteiger partial charge < -0.3 is 10.0 Å². The van der Waals surface area contributed by atoms with Crippen molar-refractivity contribution in [3.05, 3.63) is 42.2 Å². The average molecular weight is 407 g/mol. The highest BCUT2D eigenvalue weighted by molar-refractivity contribution is 6.05. The minimum absolute atomic E-state index is 0.00109. The molecule has 2 aromatic heterocycles. The molecule has 8 nitrogen and oxygen atoms in total. The Morgan fingerprint density at radius 2 is 2.07 bits per heavy atom. The summed E-state index contributed by atoms with van der Waals surface area (Å²) in [6, 6.07) is 8.71. The number of hydrogen-bond donors (Lipinski definition) is 2. The summed E-state index contributed by atoms with van der Waals surface area (Å²) in [6.45, 7) is 1.63. The highest BCUT2D eigenvalue weighted by Gasteiger charge is 2.41. The molecule has 1 aliphatic carbocycles. The standard InChI is InChI=1S/C22H25N5O3/c28-13-15(14-4-5-14)11-19(29)17-6-7-18-21(24-17)27(16-8-10-26(18)12-16)22(30)25-20-3-1-2-9-23-20/h1-3,6-7,9,14-16,28H,4-5,8,10-13H2,(H,23,25,30)/t15?,16-/m0/s1. The molecule has 30 heavy (non-hydrogen) atoms. The molecule has 3 aliphatic rings. The quantitative estimate of drug-likeness (QED) is 0.715. The zero-order chi connectivity index (χ0) is 20.7. The van der Waals surface area contributed by atoms with E-state index in [2.05, 4.69) is 20.2 Å². The molecule has 1 saturated carbocycles. The zero-order valence-electron chi connectivity index (χ0n) is 16.7. The minimum Gasteiger partial charge on any atom is -0.396 e. The highest BCUT2D eigenvalue weighted by Crippen LogP contribution is 2.41. The predicted octanol–water partition coefficient (Wildman–Crippen LogP) is 2.70. The summed E-state index contributed by atoms with van der Waals surface area (Å²) in [5, 5.41) is 12.5. The Kier molecular flexibility index (Phi) is 4.86. The van der Waals surface area contributed by atoms with Gasteiger partial charge in [-0.05, 0) is 55.4 Å². The number of carbonyl (C=O) groups is 2. The Bertz CT molecular complexity index is 963. The van der Waals surface area contributed by atoms with Crippen LogP contribution in [0.15, 0.2) is 36.5 Å². The van der Waals surface area contributed by atoms with Gasteiger partial charge >= 0.3 is 6.03 Å². The number of anilines is 3. The van der Waals surface area contributed by atoms with Crippen LogP contribution in [0.25, 0.3) is 0 Å². The highest BCUT2D eigenvalue weighted by atomic mass is 16.3. The number of fused-ring (bicyclic) bond motifs is 4. The van der Waals surface area contributed by atoms with Gasteiger partial charge in [0.05, 0.1) is 11.7 Å². The van der Waals surface area contributed by atoms with Crippen LogP contribution in [-0.4, -0.2) is 52.6 Å². The van der Waals surface area contributed by atoms with Crippen LogP contribution in [0.2, 0.25) is 0 Å². The summed E-state index contributed by atoms with van der Waals surface area (Å²) in [4.78, 5) is 38.7. The maximum atomic E-state index is 13.1. The van der Waals surface area contributed by atoms with Gasteiger partial charge in [-0.15, -0.1) is 0 Å². The van der Waals surface area contributed by atoms with E-state index in [9.17, 15) is 14.7 Å². The second-order valence-corrected chi connectivity index (χ2v) is 8.35. The second-order valence-electron chi connectivity index (χ2n) is 8.35. The number of urea groups is 1. The van der Waals surface area contributed by atoms with E-state index in [-0.39, 0.29) is 30.4 Å². The van der Waals surface area contributed by atoms with Gasteiger partial charge in [-0.25, -0.2) is 14.8 Å². The molecule has 4 heterocycles. The number of carbonyl (C=O) groups excluding carboxylic acids is 2. The zero-order valence-corrected chi connectivity index (χ0v) is 16.7. The third-order valence-corrected chi connectivity index (χ3v) is 6.33. The van der Waals surface area contributed by atoms with E-state index in [1.807, 2.05) is 12.1 Å². The van der Waals surface area contributed by atoms with Crippen LogP contribution < -0.4 is 15.1 Å². The number of ketones is 1. The van der Waals surface area contributed by atoms with Crippen LogP contribution in [0.3, 0.4) is 0 Å². The van der Waals surface area contributed by atoms with Gasteiger partial charge in [-0.2, -0.15) is 0 Å².